The fourth-order valence-electron chi connectivity index (χ4n) is 2.38. The molecule has 94 valence electrons. The number of nitrogens with zero attached hydrogens (tertiary/aromatic N) is 3. The molecule has 1 unspecified atom stereocenters. The van der Waals surface area contributed by atoms with E-state index in [1.165, 1.54) is 12.2 Å². The van der Waals surface area contributed by atoms with Crippen LogP contribution >= 0.6 is 11.8 Å². The first-order chi connectivity index (χ1) is 8.34. The number of hydrogen-bond acceptors (Lipinski definition) is 6. The Morgan fingerprint density at radius 3 is 3.24 bits per heavy atom. The average molecular weight is 254 g/mol. The molecule has 2 fully saturated rings. The van der Waals surface area contributed by atoms with Crippen molar-refractivity contribution in [1.82, 2.24) is 20.4 Å². The van der Waals surface area contributed by atoms with E-state index < -0.39 is 0 Å². The smallest absolute Gasteiger partial charge is 0.243 e. The lowest BCUT2D eigenvalue weighted by molar-refractivity contribution is 0.255. The van der Waals surface area contributed by atoms with E-state index in [2.05, 4.69) is 27.4 Å². The van der Waals surface area contributed by atoms with Gasteiger partial charge in [0.2, 0.25) is 5.89 Å². The normalized spacial score (nSPS) is 30.9. The maximum Gasteiger partial charge on any atom is 0.243 e. The van der Waals surface area contributed by atoms with Crippen molar-refractivity contribution >= 4 is 11.8 Å². The van der Waals surface area contributed by atoms with Crippen molar-refractivity contribution in [2.75, 3.05) is 31.6 Å². The van der Waals surface area contributed by atoms with Crippen LogP contribution in [0.5, 0.6) is 0 Å². The monoisotopic (exact) mass is 254 g/mol. The van der Waals surface area contributed by atoms with Crippen LogP contribution in [0.25, 0.3) is 0 Å². The van der Waals surface area contributed by atoms with Gasteiger partial charge in [0, 0.05) is 18.1 Å². The minimum absolute atomic E-state index is 0.276. The number of nitrogens with one attached hydrogen (secondary N) is 1. The first kappa shape index (κ1) is 11.5. The minimum Gasteiger partial charge on any atom is -0.338 e. The van der Waals surface area contributed by atoms with Crippen molar-refractivity contribution in [3.8, 4) is 0 Å². The van der Waals surface area contributed by atoms with E-state index in [1.54, 1.807) is 0 Å². The van der Waals surface area contributed by atoms with Crippen LogP contribution in [0.4, 0.5) is 0 Å². The first-order valence-electron chi connectivity index (χ1n) is 6.19. The molecule has 2 aliphatic rings. The lowest BCUT2D eigenvalue weighted by Gasteiger charge is -2.29. The highest BCUT2D eigenvalue weighted by Gasteiger charge is 2.28. The zero-order chi connectivity index (χ0) is 11.7. The molecule has 2 aliphatic heterocycles. The molecular formula is C11H18N4OS. The van der Waals surface area contributed by atoms with Gasteiger partial charge in [-0.15, -0.1) is 0 Å². The largest absolute Gasteiger partial charge is 0.338 e. The summed E-state index contributed by atoms with van der Waals surface area (Å²) in [4.78, 5) is 6.88. The summed E-state index contributed by atoms with van der Waals surface area (Å²) >= 11 is 1.96. The summed E-state index contributed by atoms with van der Waals surface area (Å²) in [6.07, 6.45) is 2.30. The van der Waals surface area contributed by atoms with Crippen molar-refractivity contribution in [3.05, 3.63) is 11.7 Å². The van der Waals surface area contributed by atoms with E-state index in [-0.39, 0.29) is 6.04 Å². The molecule has 2 saturated heterocycles. The summed E-state index contributed by atoms with van der Waals surface area (Å²) in [5.41, 5.74) is 0. The predicted molar refractivity (Wildman–Crippen MR) is 67.0 cm³/mol. The number of rotatable bonds is 2. The summed E-state index contributed by atoms with van der Waals surface area (Å²) in [5.74, 6) is 3.88. The van der Waals surface area contributed by atoms with Gasteiger partial charge < -0.3 is 9.84 Å². The van der Waals surface area contributed by atoms with Crippen molar-refractivity contribution in [1.29, 1.82) is 0 Å². The van der Waals surface area contributed by atoms with E-state index in [0.717, 1.165) is 37.0 Å². The van der Waals surface area contributed by atoms with Gasteiger partial charge >= 0.3 is 0 Å². The molecule has 0 aliphatic carbocycles. The Morgan fingerprint density at radius 2 is 2.47 bits per heavy atom. The van der Waals surface area contributed by atoms with E-state index in [1.807, 2.05) is 11.8 Å². The van der Waals surface area contributed by atoms with Crippen LogP contribution in [0.3, 0.4) is 0 Å². The van der Waals surface area contributed by atoms with Gasteiger partial charge in [0.05, 0.1) is 12.1 Å². The molecule has 1 aromatic heterocycles. The van der Waals surface area contributed by atoms with E-state index in [0.29, 0.717) is 6.04 Å². The molecule has 0 aromatic carbocycles. The molecule has 0 saturated carbocycles. The predicted octanol–water partition coefficient (Wildman–Crippen LogP) is 1.21. The van der Waals surface area contributed by atoms with Crippen LogP contribution in [0.1, 0.15) is 36.6 Å². The standard InChI is InChI=1S/C11H18N4OS/c1-15-5-6-17-7-9(15)10-13-11(16-14-10)8-3-2-4-12-8/h8-9,12H,2-7H2,1H3/t8-,9?/m0/s1. The second kappa shape index (κ2) is 4.96. The zero-order valence-electron chi connectivity index (χ0n) is 10.1. The SMILES string of the molecule is CN1CCSCC1c1noc([C@@H]2CCCN2)n1. The third kappa shape index (κ3) is 2.34. The molecule has 1 aromatic rings. The second-order valence-corrected chi connectivity index (χ2v) is 5.86. The number of hydrogen-bond donors (Lipinski definition) is 1. The third-order valence-corrected chi connectivity index (χ3v) is 4.53. The molecular weight excluding hydrogens is 236 g/mol. The maximum atomic E-state index is 5.39. The van der Waals surface area contributed by atoms with Gasteiger partial charge in [-0.25, -0.2) is 0 Å². The van der Waals surface area contributed by atoms with Crippen LogP contribution < -0.4 is 5.32 Å². The van der Waals surface area contributed by atoms with Crippen molar-refractivity contribution < 1.29 is 4.52 Å². The Kier molecular flexibility index (Phi) is 3.35. The van der Waals surface area contributed by atoms with Crippen LogP contribution in [0, 0.1) is 0 Å². The van der Waals surface area contributed by atoms with Gasteiger partial charge in [0.15, 0.2) is 5.82 Å². The Hall–Kier alpha value is -0.590. The lowest BCUT2D eigenvalue weighted by atomic mass is 10.2. The highest BCUT2D eigenvalue weighted by Crippen LogP contribution is 2.28. The average Bonchev–Trinajstić information content (AvgIpc) is 3.00. The highest BCUT2D eigenvalue weighted by atomic mass is 32.2. The summed E-state index contributed by atoms with van der Waals surface area (Å²) < 4.78 is 5.39. The van der Waals surface area contributed by atoms with Gasteiger partial charge in [-0.05, 0) is 26.4 Å². The van der Waals surface area contributed by atoms with E-state index >= 15 is 0 Å². The maximum absolute atomic E-state index is 5.39. The molecule has 17 heavy (non-hydrogen) atoms. The summed E-state index contributed by atoms with van der Waals surface area (Å²) in [6, 6.07) is 0.588. The number of aromatic nitrogens is 2. The van der Waals surface area contributed by atoms with Crippen LogP contribution in [-0.2, 0) is 0 Å². The van der Waals surface area contributed by atoms with Crippen molar-refractivity contribution in [2.24, 2.45) is 0 Å². The zero-order valence-corrected chi connectivity index (χ0v) is 10.9. The molecule has 1 N–H and O–H groups in total. The molecule has 3 heterocycles. The lowest BCUT2D eigenvalue weighted by Crippen LogP contribution is -2.33. The van der Waals surface area contributed by atoms with E-state index in [9.17, 15) is 0 Å². The van der Waals surface area contributed by atoms with E-state index in [4.69, 9.17) is 4.52 Å². The summed E-state index contributed by atoms with van der Waals surface area (Å²) in [7, 11) is 2.13. The number of thioether (sulfide) groups is 1. The first-order valence-corrected chi connectivity index (χ1v) is 7.35. The highest BCUT2D eigenvalue weighted by molar-refractivity contribution is 7.99. The van der Waals surface area contributed by atoms with Gasteiger partial charge in [-0.1, -0.05) is 5.16 Å². The minimum atomic E-state index is 0.276. The van der Waals surface area contributed by atoms with Gasteiger partial charge in [-0.2, -0.15) is 16.7 Å². The second-order valence-electron chi connectivity index (χ2n) is 4.71. The molecule has 0 bridgehead atoms. The summed E-state index contributed by atoms with van der Waals surface area (Å²) in [5, 5.41) is 7.54. The van der Waals surface area contributed by atoms with Crippen LogP contribution in [0.15, 0.2) is 4.52 Å². The Morgan fingerprint density at radius 1 is 1.53 bits per heavy atom. The molecule has 5 nitrogen and oxygen atoms in total. The topological polar surface area (TPSA) is 54.2 Å². The Labute approximate surface area is 105 Å². The van der Waals surface area contributed by atoms with Crippen LogP contribution in [-0.4, -0.2) is 46.7 Å². The van der Waals surface area contributed by atoms with Gasteiger partial charge in [0.25, 0.3) is 0 Å². The quantitative estimate of drug-likeness (QED) is 0.856. The molecule has 3 rings (SSSR count). The molecule has 2 atom stereocenters. The van der Waals surface area contributed by atoms with Crippen molar-refractivity contribution in [2.45, 2.75) is 24.9 Å². The fourth-order valence-corrected chi connectivity index (χ4v) is 3.59. The molecule has 0 spiro atoms. The van der Waals surface area contributed by atoms with Crippen LogP contribution in [0.2, 0.25) is 0 Å². The molecule has 6 heteroatoms. The van der Waals surface area contributed by atoms with Crippen molar-refractivity contribution in [3.63, 3.8) is 0 Å². The fraction of sp³-hybridized carbons (Fsp3) is 0.818. The third-order valence-electron chi connectivity index (χ3n) is 3.51. The summed E-state index contributed by atoms with van der Waals surface area (Å²) in [6.45, 7) is 2.16. The Bertz CT molecular complexity index is 377. The Balaban J connectivity index is 1.74. The van der Waals surface area contributed by atoms with Gasteiger partial charge in [-0.3, -0.25) is 4.90 Å². The van der Waals surface area contributed by atoms with Gasteiger partial charge in [0.1, 0.15) is 0 Å². The molecule has 0 radical (unpaired) electrons. The molecule has 0 amide bonds.